The average molecular weight is 289 g/mol. The van der Waals surface area contributed by atoms with E-state index in [2.05, 4.69) is 22.7 Å². The van der Waals surface area contributed by atoms with Crippen LogP contribution >= 0.6 is 0 Å². The molecule has 4 N–H and O–H groups in total. The summed E-state index contributed by atoms with van der Waals surface area (Å²) in [7, 11) is 0. The van der Waals surface area contributed by atoms with Crippen LogP contribution in [0.5, 0.6) is 0 Å². The summed E-state index contributed by atoms with van der Waals surface area (Å²) >= 11 is 0. The van der Waals surface area contributed by atoms with Gasteiger partial charge in [-0.05, 0) is 51.4 Å². The lowest BCUT2D eigenvalue weighted by molar-refractivity contribution is 0.329. The molecule has 0 bridgehead atoms. The van der Waals surface area contributed by atoms with Gasteiger partial charge in [-0.15, -0.1) is 0 Å². The third-order valence-corrected chi connectivity index (χ3v) is 5.01. The molecule has 0 spiro atoms. The quantitative estimate of drug-likeness (QED) is 0.572. The lowest BCUT2D eigenvalue weighted by Crippen LogP contribution is -2.27. The molecule has 2 aliphatic carbocycles. The Morgan fingerprint density at radius 1 is 1.05 bits per heavy atom. The van der Waals surface area contributed by atoms with Gasteiger partial charge in [0, 0.05) is 17.5 Å². The predicted octanol–water partition coefficient (Wildman–Crippen LogP) is 3.33. The molecular weight excluding hydrogens is 262 g/mol. The summed E-state index contributed by atoms with van der Waals surface area (Å²) in [5.41, 5.74) is 3.75. The highest BCUT2D eigenvalue weighted by Crippen LogP contribution is 2.39. The van der Waals surface area contributed by atoms with Crippen molar-refractivity contribution in [2.75, 3.05) is 10.7 Å². The van der Waals surface area contributed by atoms with Gasteiger partial charge in [-0.3, -0.25) is 0 Å². The van der Waals surface area contributed by atoms with Gasteiger partial charge in [0.15, 0.2) is 0 Å². The van der Waals surface area contributed by atoms with E-state index < -0.39 is 0 Å². The Hall–Kier alpha value is -1.36. The molecule has 1 aromatic heterocycles. The van der Waals surface area contributed by atoms with Crippen LogP contribution in [-0.2, 0) is 0 Å². The van der Waals surface area contributed by atoms with E-state index in [0.717, 1.165) is 28.9 Å². The van der Waals surface area contributed by atoms with Gasteiger partial charge in [-0.2, -0.15) is 0 Å². The van der Waals surface area contributed by atoms with Crippen LogP contribution in [0.15, 0.2) is 0 Å². The van der Waals surface area contributed by atoms with E-state index in [0.29, 0.717) is 12.0 Å². The molecule has 5 nitrogen and oxygen atoms in total. The van der Waals surface area contributed by atoms with E-state index in [1.54, 1.807) is 0 Å². The fourth-order valence-corrected chi connectivity index (χ4v) is 3.25. The Morgan fingerprint density at radius 2 is 1.71 bits per heavy atom. The minimum absolute atomic E-state index is 0.536. The monoisotopic (exact) mass is 289 g/mol. The number of rotatable bonds is 5. The summed E-state index contributed by atoms with van der Waals surface area (Å²) in [4.78, 5) is 9.30. The minimum Gasteiger partial charge on any atom is -0.367 e. The maximum Gasteiger partial charge on any atom is 0.148 e. The average Bonchev–Trinajstić information content (AvgIpc) is 3.35. The summed E-state index contributed by atoms with van der Waals surface area (Å²) in [5.74, 6) is 9.74. The van der Waals surface area contributed by atoms with Crippen molar-refractivity contribution in [2.24, 2.45) is 11.8 Å². The number of aromatic nitrogens is 2. The summed E-state index contributed by atoms with van der Waals surface area (Å²) in [6.45, 7) is 4.33. The molecule has 2 fully saturated rings. The number of nitrogens with two attached hydrogens (primary N) is 1. The van der Waals surface area contributed by atoms with Crippen molar-refractivity contribution in [3.63, 3.8) is 0 Å². The van der Waals surface area contributed by atoms with Gasteiger partial charge in [-0.1, -0.05) is 13.3 Å². The van der Waals surface area contributed by atoms with Gasteiger partial charge >= 0.3 is 0 Å². The Kier molecular flexibility index (Phi) is 4.29. The van der Waals surface area contributed by atoms with Crippen LogP contribution in [0.4, 0.5) is 11.6 Å². The maximum atomic E-state index is 5.61. The van der Waals surface area contributed by atoms with Gasteiger partial charge in [0.1, 0.15) is 17.5 Å². The minimum atomic E-state index is 0.536. The number of nitrogens with one attached hydrogen (secondary N) is 2. The van der Waals surface area contributed by atoms with Gasteiger partial charge in [0.05, 0.1) is 0 Å². The first-order valence-electron chi connectivity index (χ1n) is 8.33. The number of nitrogens with zero attached hydrogens (tertiary/aromatic N) is 2. The second-order valence-electron chi connectivity index (χ2n) is 6.59. The number of nitrogen functional groups attached to an aromatic ring is 1. The van der Waals surface area contributed by atoms with Crippen LogP contribution in [0.1, 0.15) is 69.2 Å². The predicted molar refractivity (Wildman–Crippen MR) is 86.2 cm³/mol. The van der Waals surface area contributed by atoms with Gasteiger partial charge in [-0.25, -0.2) is 15.8 Å². The van der Waals surface area contributed by atoms with E-state index in [1.807, 2.05) is 6.92 Å². The van der Waals surface area contributed by atoms with E-state index in [-0.39, 0.29) is 0 Å². The third kappa shape index (κ3) is 3.28. The van der Waals surface area contributed by atoms with Gasteiger partial charge < -0.3 is 10.7 Å². The summed E-state index contributed by atoms with van der Waals surface area (Å²) in [6.07, 6.45) is 8.86. The Morgan fingerprint density at radius 3 is 2.29 bits per heavy atom. The molecule has 0 saturated heterocycles. The smallest absolute Gasteiger partial charge is 0.148 e. The molecule has 0 radical (unpaired) electrons. The van der Waals surface area contributed by atoms with E-state index in [1.165, 1.54) is 44.9 Å². The highest BCUT2D eigenvalue weighted by atomic mass is 15.3. The topological polar surface area (TPSA) is 75.9 Å². The first-order valence-corrected chi connectivity index (χ1v) is 8.33. The van der Waals surface area contributed by atoms with Crippen LogP contribution in [0.25, 0.3) is 0 Å². The van der Waals surface area contributed by atoms with Gasteiger partial charge in [0.25, 0.3) is 0 Å². The molecule has 1 aromatic rings. The molecule has 2 saturated carbocycles. The fraction of sp³-hybridized carbons (Fsp3) is 0.750. The van der Waals surface area contributed by atoms with Crippen molar-refractivity contribution in [1.82, 2.24) is 9.97 Å². The number of hydrogen-bond acceptors (Lipinski definition) is 5. The summed E-state index contributed by atoms with van der Waals surface area (Å²) in [5, 5.41) is 3.64. The largest absolute Gasteiger partial charge is 0.367 e. The first kappa shape index (κ1) is 14.6. The second-order valence-corrected chi connectivity index (χ2v) is 6.59. The molecule has 3 rings (SSSR count). The van der Waals surface area contributed by atoms with Crippen LogP contribution in [0, 0.1) is 12.8 Å². The van der Waals surface area contributed by atoms with Crippen LogP contribution in [-0.4, -0.2) is 16.0 Å². The number of hydrogen-bond donors (Lipinski definition) is 3. The maximum absolute atomic E-state index is 5.61. The molecule has 0 aliphatic heterocycles. The molecule has 116 valence electrons. The van der Waals surface area contributed by atoms with Crippen LogP contribution < -0.4 is 16.6 Å². The Balaban J connectivity index is 1.73. The standard InChI is InChI=1S/C16H27N5/c1-3-11-4-8-13(9-5-11)18-14-10(2)15(21-17)20-16(19-14)12-6-7-12/h11-13H,3-9,17H2,1-2H3,(H2,18,19,20,21). The molecule has 0 aromatic carbocycles. The van der Waals surface area contributed by atoms with Gasteiger partial charge in [0.2, 0.25) is 0 Å². The number of hydrazine groups is 1. The molecule has 0 unspecified atom stereocenters. The zero-order chi connectivity index (χ0) is 14.8. The molecule has 21 heavy (non-hydrogen) atoms. The lowest BCUT2D eigenvalue weighted by Gasteiger charge is -2.29. The molecular formula is C16H27N5. The van der Waals surface area contributed by atoms with Crippen molar-refractivity contribution in [3.05, 3.63) is 11.4 Å². The van der Waals surface area contributed by atoms with Crippen molar-refractivity contribution in [2.45, 2.75) is 70.8 Å². The lowest BCUT2D eigenvalue weighted by atomic mass is 9.84. The number of anilines is 2. The fourth-order valence-electron chi connectivity index (χ4n) is 3.25. The molecule has 1 heterocycles. The summed E-state index contributed by atoms with van der Waals surface area (Å²) in [6, 6.07) is 0.541. The Bertz CT molecular complexity index is 490. The molecule has 0 atom stereocenters. The zero-order valence-electron chi connectivity index (χ0n) is 13.2. The zero-order valence-corrected chi connectivity index (χ0v) is 13.2. The highest BCUT2D eigenvalue weighted by Gasteiger charge is 2.29. The van der Waals surface area contributed by atoms with Crippen LogP contribution in [0.3, 0.4) is 0 Å². The highest BCUT2D eigenvalue weighted by molar-refractivity contribution is 5.57. The SMILES string of the molecule is CCC1CCC(Nc2nc(C3CC3)nc(NN)c2C)CC1. The first-order chi connectivity index (χ1) is 10.2. The van der Waals surface area contributed by atoms with Crippen LogP contribution in [0.2, 0.25) is 0 Å². The second kappa shape index (κ2) is 6.18. The van der Waals surface area contributed by atoms with E-state index in [9.17, 15) is 0 Å². The normalized spacial score (nSPS) is 25.7. The molecule has 2 aliphatic rings. The van der Waals surface area contributed by atoms with Crippen molar-refractivity contribution in [1.29, 1.82) is 0 Å². The molecule has 5 heteroatoms. The molecule has 0 amide bonds. The van der Waals surface area contributed by atoms with E-state index >= 15 is 0 Å². The van der Waals surface area contributed by atoms with Crippen molar-refractivity contribution < 1.29 is 0 Å². The van der Waals surface area contributed by atoms with Crippen molar-refractivity contribution >= 4 is 11.6 Å². The summed E-state index contributed by atoms with van der Waals surface area (Å²) < 4.78 is 0. The third-order valence-electron chi connectivity index (χ3n) is 5.01. The van der Waals surface area contributed by atoms with E-state index in [4.69, 9.17) is 10.8 Å². The van der Waals surface area contributed by atoms with Crippen molar-refractivity contribution in [3.8, 4) is 0 Å². The Labute approximate surface area is 127 Å².